The average molecular weight is 502 g/mol. The van der Waals surface area contributed by atoms with Crippen molar-refractivity contribution in [3.8, 4) is 11.5 Å². The normalized spacial score (nSPS) is 12.2. The maximum Gasteiger partial charge on any atom is 0.408 e. The topological polar surface area (TPSA) is 54.5 Å². The van der Waals surface area contributed by atoms with Crippen LogP contribution in [-0.4, -0.2) is 27.7 Å². The molecule has 0 saturated carbocycles. The molecule has 166 valence electrons. The van der Waals surface area contributed by atoms with Gasteiger partial charge in [-0.1, -0.05) is 46.3 Å². The summed E-state index contributed by atoms with van der Waals surface area (Å²) >= 11 is 3.65. The average Bonchev–Trinajstić information content (AvgIpc) is 2.85. The van der Waals surface area contributed by atoms with Crippen LogP contribution in [0, 0.1) is 0 Å². The lowest BCUT2D eigenvalue weighted by atomic mass is 9.65. The van der Waals surface area contributed by atoms with Crippen molar-refractivity contribution in [3.05, 3.63) is 82.8 Å². The number of rotatable bonds is 7. The van der Waals surface area contributed by atoms with Gasteiger partial charge < -0.3 is 25.2 Å². The predicted molar refractivity (Wildman–Crippen MR) is 142 cm³/mol. The molecule has 0 aliphatic carbocycles. The second-order valence-corrected chi connectivity index (χ2v) is 8.94. The van der Waals surface area contributed by atoms with Crippen LogP contribution in [0.5, 0.6) is 11.5 Å². The summed E-state index contributed by atoms with van der Waals surface area (Å²) in [7, 11) is 3.32. The van der Waals surface area contributed by atoms with Crippen LogP contribution in [0.4, 0.5) is 17.1 Å². The first kappa shape index (κ1) is 21.5. The van der Waals surface area contributed by atoms with Crippen LogP contribution >= 0.6 is 15.9 Å². The Morgan fingerprint density at radius 2 is 1.58 bits per heavy atom. The summed E-state index contributed by atoms with van der Waals surface area (Å²) in [6.07, 6.45) is 0.865. The molecule has 0 atom stereocenters. The summed E-state index contributed by atoms with van der Waals surface area (Å²) in [5, 5.41) is 13.4. The van der Waals surface area contributed by atoms with Crippen molar-refractivity contribution in [2.45, 2.75) is 6.42 Å². The molecule has 0 bridgehead atoms. The van der Waals surface area contributed by atoms with Crippen molar-refractivity contribution < 1.29 is 9.47 Å². The fourth-order valence-electron chi connectivity index (χ4n) is 4.40. The van der Waals surface area contributed by atoms with E-state index in [4.69, 9.17) is 9.47 Å². The van der Waals surface area contributed by atoms with Crippen LogP contribution in [-0.2, 0) is 6.42 Å². The SMILES string of the molecule is COc1ccc(CCNc2ccc(Br)cc2B2Nc3cccc4cccc(c34)N2)cc1OC. The fraction of sp³-hybridized carbons (Fsp3) is 0.154. The first-order chi connectivity index (χ1) is 16.2. The number of ether oxygens (including phenoxy) is 2. The third-order valence-electron chi connectivity index (χ3n) is 6.01. The number of nitrogens with one attached hydrogen (secondary N) is 3. The highest BCUT2D eigenvalue weighted by Gasteiger charge is 2.27. The minimum atomic E-state index is -0.0495. The minimum Gasteiger partial charge on any atom is -0.493 e. The highest BCUT2D eigenvalue weighted by Crippen LogP contribution is 2.34. The fourth-order valence-corrected chi connectivity index (χ4v) is 4.77. The number of benzene rings is 4. The van der Waals surface area contributed by atoms with E-state index >= 15 is 0 Å². The number of hydrogen-bond acceptors (Lipinski definition) is 5. The van der Waals surface area contributed by atoms with E-state index in [2.05, 4.69) is 92.4 Å². The molecule has 3 N–H and O–H groups in total. The van der Waals surface area contributed by atoms with E-state index < -0.39 is 0 Å². The highest BCUT2D eigenvalue weighted by atomic mass is 79.9. The van der Waals surface area contributed by atoms with Gasteiger partial charge in [-0.3, -0.25) is 0 Å². The number of methoxy groups -OCH3 is 2. The van der Waals surface area contributed by atoms with Gasteiger partial charge in [0.2, 0.25) is 0 Å². The van der Waals surface area contributed by atoms with E-state index in [9.17, 15) is 0 Å². The number of halogens is 1. The van der Waals surface area contributed by atoms with Gasteiger partial charge in [0.25, 0.3) is 0 Å². The first-order valence-corrected chi connectivity index (χ1v) is 11.7. The standard InChI is InChI=1S/C26H25BBrN3O2/c1-32-24-12-9-17(15-25(24)33-2)13-14-29-21-11-10-19(28)16-20(21)27-30-22-7-3-5-18-6-4-8-23(31-27)26(18)22/h3-12,15-16,29-31H,13-14H2,1-2H3. The quantitative estimate of drug-likeness (QED) is 0.291. The number of hydrogen-bond donors (Lipinski definition) is 3. The Bertz CT molecular complexity index is 1270. The lowest BCUT2D eigenvalue weighted by Gasteiger charge is -2.28. The molecule has 0 fully saturated rings. The van der Waals surface area contributed by atoms with E-state index in [1.807, 2.05) is 12.1 Å². The lowest BCUT2D eigenvalue weighted by Crippen LogP contribution is -2.48. The molecule has 0 unspecified atom stereocenters. The molecule has 4 aromatic carbocycles. The summed E-state index contributed by atoms with van der Waals surface area (Å²) in [5.41, 5.74) is 5.72. The van der Waals surface area contributed by atoms with Crippen LogP contribution in [0.1, 0.15) is 5.56 Å². The second kappa shape index (κ2) is 9.28. The zero-order valence-electron chi connectivity index (χ0n) is 18.6. The smallest absolute Gasteiger partial charge is 0.408 e. The molecular formula is C26H25BBrN3O2. The number of anilines is 3. The van der Waals surface area contributed by atoms with E-state index in [0.717, 1.165) is 51.5 Å². The van der Waals surface area contributed by atoms with E-state index in [-0.39, 0.29) is 6.98 Å². The molecule has 0 radical (unpaired) electrons. The summed E-state index contributed by atoms with van der Waals surface area (Å²) in [6.45, 7) is 0.745. The van der Waals surface area contributed by atoms with Gasteiger partial charge in [0.1, 0.15) is 0 Å². The Kier molecular flexibility index (Phi) is 6.05. The monoisotopic (exact) mass is 501 g/mol. The van der Waals surface area contributed by atoms with Crippen molar-refractivity contribution in [3.63, 3.8) is 0 Å². The molecule has 0 amide bonds. The molecule has 5 nitrogen and oxygen atoms in total. The van der Waals surface area contributed by atoms with Crippen LogP contribution in [0.15, 0.2) is 77.3 Å². The van der Waals surface area contributed by atoms with Crippen LogP contribution in [0.3, 0.4) is 0 Å². The summed E-state index contributed by atoms with van der Waals surface area (Å²) in [4.78, 5) is 0. The Hall–Kier alpha value is -3.32. The van der Waals surface area contributed by atoms with Gasteiger partial charge in [-0.25, -0.2) is 0 Å². The third-order valence-corrected chi connectivity index (χ3v) is 6.50. The molecule has 1 aliphatic heterocycles. The largest absolute Gasteiger partial charge is 0.493 e. The van der Waals surface area contributed by atoms with Gasteiger partial charge in [-0.15, -0.1) is 0 Å². The first-order valence-electron chi connectivity index (χ1n) is 11.0. The van der Waals surface area contributed by atoms with Crippen molar-refractivity contribution in [2.75, 3.05) is 36.5 Å². The van der Waals surface area contributed by atoms with E-state index in [1.54, 1.807) is 14.2 Å². The zero-order valence-corrected chi connectivity index (χ0v) is 20.2. The molecular weight excluding hydrogens is 477 g/mol. The molecule has 0 saturated heterocycles. The maximum atomic E-state index is 5.44. The Morgan fingerprint density at radius 3 is 2.27 bits per heavy atom. The van der Waals surface area contributed by atoms with Gasteiger partial charge in [-0.2, -0.15) is 0 Å². The van der Waals surface area contributed by atoms with Crippen LogP contribution in [0.25, 0.3) is 10.8 Å². The van der Waals surface area contributed by atoms with Crippen molar-refractivity contribution in [2.24, 2.45) is 0 Å². The Balaban J connectivity index is 1.36. The van der Waals surface area contributed by atoms with Crippen molar-refractivity contribution >= 4 is 56.2 Å². The van der Waals surface area contributed by atoms with Gasteiger partial charge >= 0.3 is 6.98 Å². The van der Waals surface area contributed by atoms with Gasteiger partial charge in [0.15, 0.2) is 11.5 Å². The summed E-state index contributed by atoms with van der Waals surface area (Å²) in [6, 6.07) is 25.2. The molecule has 1 aliphatic rings. The third kappa shape index (κ3) is 4.33. The molecule has 7 heteroatoms. The van der Waals surface area contributed by atoms with Crippen molar-refractivity contribution in [1.82, 2.24) is 0 Å². The van der Waals surface area contributed by atoms with Gasteiger partial charge in [0.05, 0.1) is 14.2 Å². The molecule has 33 heavy (non-hydrogen) atoms. The lowest BCUT2D eigenvalue weighted by molar-refractivity contribution is 0.354. The summed E-state index contributed by atoms with van der Waals surface area (Å²) < 4.78 is 11.8. The highest BCUT2D eigenvalue weighted by molar-refractivity contribution is 9.10. The van der Waals surface area contributed by atoms with Gasteiger partial charge in [0, 0.05) is 33.5 Å². The van der Waals surface area contributed by atoms with Crippen molar-refractivity contribution in [1.29, 1.82) is 0 Å². The summed E-state index contributed by atoms with van der Waals surface area (Å²) in [5.74, 6) is 1.50. The Morgan fingerprint density at radius 1 is 0.848 bits per heavy atom. The molecule has 5 rings (SSSR count). The maximum absolute atomic E-state index is 5.44. The Labute approximate surface area is 202 Å². The molecule has 0 aromatic heterocycles. The van der Waals surface area contributed by atoms with E-state index in [0.29, 0.717) is 0 Å². The zero-order chi connectivity index (χ0) is 22.8. The van der Waals surface area contributed by atoms with Crippen LogP contribution in [0.2, 0.25) is 0 Å². The van der Waals surface area contributed by atoms with E-state index in [1.165, 1.54) is 16.3 Å². The molecule has 1 heterocycles. The van der Waals surface area contributed by atoms with Crippen LogP contribution < -0.4 is 30.7 Å². The second-order valence-electron chi connectivity index (χ2n) is 8.03. The predicted octanol–water partition coefficient (Wildman–Crippen LogP) is 5.51. The molecule has 4 aromatic rings. The minimum absolute atomic E-state index is 0.0495. The van der Waals surface area contributed by atoms with Gasteiger partial charge in [-0.05, 0) is 65.3 Å². The molecule has 0 spiro atoms.